The Morgan fingerprint density at radius 2 is 1.59 bits per heavy atom. The summed E-state index contributed by atoms with van der Waals surface area (Å²) >= 11 is 0. The minimum absolute atomic E-state index is 0.0658. The molecule has 2 N–H and O–H groups in total. The van der Waals surface area contributed by atoms with Crippen LogP contribution >= 0.6 is 0 Å². The lowest BCUT2D eigenvalue weighted by Gasteiger charge is -2.18. The molecule has 0 aromatic heterocycles. The highest BCUT2D eigenvalue weighted by Gasteiger charge is 2.20. The standard InChI is InChI=1S/C21H24N2O4/c1-2-13-22-19(24)15-27-20(25)14-18(16-9-5-3-6-10-16)23-21(26)17-11-7-4-8-12-17/h3-12,18H,2,13-15H2,1H3,(H,22,24)(H,23,26)/t18-/m0/s1. The number of amides is 2. The van der Waals surface area contributed by atoms with E-state index >= 15 is 0 Å². The quantitative estimate of drug-likeness (QED) is 0.667. The van der Waals surface area contributed by atoms with Gasteiger partial charge in [-0.05, 0) is 24.1 Å². The fourth-order valence-corrected chi connectivity index (χ4v) is 2.46. The van der Waals surface area contributed by atoms with Crippen LogP contribution in [-0.4, -0.2) is 30.9 Å². The van der Waals surface area contributed by atoms with E-state index in [1.165, 1.54) is 0 Å². The van der Waals surface area contributed by atoms with Gasteiger partial charge in [0.15, 0.2) is 6.61 Å². The first-order valence-corrected chi connectivity index (χ1v) is 8.93. The summed E-state index contributed by atoms with van der Waals surface area (Å²) in [5, 5.41) is 5.50. The largest absolute Gasteiger partial charge is 0.456 e. The van der Waals surface area contributed by atoms with E-state index in [0.717, 1.165) is 12.0 Å². The van der Waals surface area contributed by atoms with E-state index in [-0.39, 0.29) is 24.8 Å². The predicted molar refractivity (Wildman–Crippen MR) is 102 cm³/mol. The van der Waals surface area contributed by atoms with E-state index in [0.29, 0.717) is 12.1 Å². The Balaban J connectivity index is 2.00. The van der Waals surface area contributed by atoms with Gasteiger partial charge in [0.2, 0.25) is 0 Å². The number of carbonyl (C=O) groups is 3. The van der Waals surface area contributed by atoms with Crippen molar-refractivity contribution in [3.05, 3.63) is 71.8 Å². The first kappa shape index (κ1) is 20.2. The molecule has 0 spiro atoms. The number of hydrogen-bond donors (Lipinski definition) is 2. The van der Waals surface area contributed by atoms with Crippen LogP contribution in [0.25, 0.3) is 0 Å². The van der Waals surface area contributed by atoms with Crippen LogP contribution in [0.5, 0.6) is 0 Å². The molecule has 0 bridgehead atoms. The highest BCUT2D eigenvalue weighted by molar-refractivity contribution is 5.94. The van der Waals surface area contributed by atoms with E-state index in [4.69, 9.17) is 4.74 Å². The number of esters is 1. The van der Waals surface area contributed by atoms with Crippen molar-refractivity contribution in [3.63, 3.8) is 0 Å². The van der Waals surface area contributed by atoms with Crippen LogP contribution in [0.1, 0.15) is 41.7 Å². The van der Waals surface area contributed by atoms with Crippen molar-refractivity contribution < 1.29 is 19.1 Å². The van der Waals surface area contributed by atoms with Crippen molar-refractivity contribution in [1.29, 1.82) is 0 Å². The maximum atomic E-state index is 12.5. The van der Waals surface area contributed by atoms with Gasteiger partial charge in [0.1, 0.15) is 0 Å². The number of ether oxygens (including phenoxy) is 1. The highest BCUT2D eigenvalue weighted by Crippen LogP contribution is 2.18. The Kier molecular flexibility index (Phi) is 8.03. The number of rotatable bonds is 9. The fraction of sp³-hybridized carbons (Fsp3) is 0.286. The molecule has 0 aliphatic heterocycles. The van der Waals surface area contributed by atoms with Crippen LogP contribution in [0.15, 0.2) is 60.7 Å². The van der Waals surface area contributed by atoms with Crippen molar-refractivity contribution in [2.75, 3.05) is 13.2 Å². The van der Waals surface area contributed by atoms with Gasteiger partial charge in [-0.3, -0.25) is 14.4 Å². The number of carbonyl (C=O) groups excluding carboxylic acids is 3. The molecule has 2 rings (SSSR count). The first-order chi connectivity index (χ1) is 13.1. The van der Waals surface area contributed by atoms with Crippen LogP contribution in [0.2, 0.25) is 0 Å². The van der Waals surface area contributed by atoms with Gasteiger partial charge in [-0.15, -0.1) is 0 Å². The topological polar surface area (TPSA) is 84.5 Å². The molecule has 1 atom stereocenters. The Morgan fingerprint density at radius 1 is 0.963 bits per heavy atom. The van der Waals surface area contributed by atoms with Crippen LogP contribution < -0.4 is 10.6 Å². The summed E-state index contributed by atoms with van der Waals surface area (Å²) in [7, 11) is 0. The summed E-state index contributed by atoms with van der Waals surface area (Å²) in [6.45, 7) is 2.15. The Morgan fingerprint density at radius 3 is 2.22 bits per heavy atom. The smallest absolute Gasteiger partial charge is 0.308 e. The molecule has 27 heavy (non-hydrogen) atoms. The van der Waals surface area contributed by atoms with Crippen molar-refractivity contribution in [3.8, 4) is 0 Å². The number of nitrogens with one attached hydrogen (secondary N) is 2. The van der Waals surface area contributed by atoms with Gasteiger partial charge in [0.05, 0.1) is 12.5 Å². The maximum Gasteiger partial charge on any atom is 0.308 e. The SMILES string of the molecule is CCCNC(=O)COC(=O)C[C@H](NC(=O)c1ccccc1)c1ccccc1. The van der Waals surface area contributed by atoms with E-state index in [1.807, 2.05) is 43.3 Å². The second kappa shape index (κ2) is 10.8. The average Bonchev–Trinajstić information content (AvgIpc) is 2.71. The molecule has 0 saturated heterocycles. The zero-order chi connectivity index (χ0) is 19.5. The van der Waals surface area contributed by atoms with Crippen LogP contribution in [0.3, 0.4) is 0 Å². The number of hydrogen-bond acceptors (Lipinski definition) is 4. The highest BCUT2D eigenvalue weighted by atomic mass is 16.5. The van der Waals surface area contributed by atoms with Crippen molar-refractivity contribution in [2.24, 2.45) is 0 Å². The van der Waals surface area contributed by atoms with Crippen LogP contribution in [0.4, 0.5) is 0 Å². The molecule has 0 radical (unpaired) electrons. The molecule has 0 unspecified atom stereocenters. The zero-order valence-corrected chi connectivity index (χ0v) is 15.3. The van der Waals surface area contributed by atoms with Gasteiger partial charge in [0, 0.05) is 12.1 Å². The second-order valence-electron chi connectivity index (χ2n) is 6.02. The monoisotopic (exact) mass is 368 g/mol. The van der Waals surface area contributed by atoms with Gasteiger partial charge in [-0.1, -0.05) is 55.5 Å². The molecule has 2 aromatic rings. The lowest BCUT2D eigenvalue weighted by atomic mass is 10.0. The molecule has 0 saturated carbocycles. The molecular weight excluding hydrogens is 344 g/mol. The Bertz CT molecular complexity index is 747. The molecule has 6 nitrogen and oxygen atoms in total. The molecular formula is C21H24N2O4. The summed E-state index contributed by atoms with van der Waals surface area (Å²) in [5.74, 6) is -1.17. The third-order valence-electron chi connectivity index (χ3n) is 3.85. The summed E-state index contributed by atoms with van der Waals surface area (Å²) in [5.41, 5.74) is 1.29. The minimum atomic E-state index is -0.552. The molecule has 0 heterocycles. The van der Waals surface area contributed by atoms with Crippen molar-refractivity contribution in [2.45, 2.75) is 25.8 Å². The minimum Gasteiger partial charge on any atom is -0.456 e. The molecule has 6 heteroatoms. The molecule has 142 valence electrons. The lowest BCUT2D eigenvalue weighted by molar-refractivity contribution is -0.149. The van der Waals surface area contributed by atoms with Gasteiger partial charge in [-0.2, -0.15) is 0 Å². The average molecular weight is 368 g/mol. The summed E-state index contributed by atoms with van der Waals surface area (Å²) < 4.78 is 5.04. The van der Waals surface area contributed by atoms with Gasteiger partial charge < -0.3 is 15.4 Å². The van der Waals surface area contributed by atoms with E-state index in [9.17, 15) is 14.4 Å². The van der Waals surface area contributed by atoms with E-state index < -0.39 is 12.0 Å². The predicted octanol–water partition coefficient (Wildman–Crippen LogP) is 2.62. The van der Waals surface area contributed by atoms with Gasteiger partial charge >= 0.3 is 5.97 Å². The van der Waals surface area contributed by atoms with Crippen molar-refractivity contribution in [1.82, 2.24) is 10.6 Å². The molecule has 0 fully saturated rings. The zero-order valence-electron chi connectivity index (χ0n) is 15.3. The molecule has 0 aliphatic carbocycles. The number of benzene rings is 2. The first-order valence-electron chi connectivity index (χ1n) is 8.93. The van der Waals surface area contributed by atoms with E-state index in [1.54, 1.807) is 24.3 Å². The maximum absolute atomic E-state index is 12.5. The molecule has 2 amide bonds. The third kappa shape index (κ3) is 6.93. The summed E-state index contributed by atoms with van der Waals surface area (Å²) in [6, 6.07) is 17.4. The van der Waals surface area contributed by atoms with Crippen molar-refractivity contribution >= 4 is 17.8 Å². The molecule has 0 aliphatic rings. The third-order valence-corrected chi connectivity index (χ3v) is 3.85. The summed E-state index contributed by atoms with van der Waals surface area (Å²) in [6.07, 6.45) is 0.741. The van der Waals surface area contributed by atoms with Gasteiger partial charge in [0.25, 0.3) is 11.8 Å². The van der Waals surface area contributed by atoms with Crippen LogP contribution in [0, 0.1) is 0 Å². The fourth-order valence-electron chi connectivity index (χ4n) is 2.46. The lowest BCUT2D eigenvalue weighted by Crippen LogP contribution is -2.32. The van der Waals surface area contributed by atoms with Crippen LogP contribution in [-0.2, 0) is 14.3 Å². The normalized spacial score (nSPS) is 11.3. The Hall–Kier alpha value is -3.15. The second-order valence-corrected chi connectivity index (χ2v) is 6.02. The molecule has 2 aromatic carbocycles. The van der Waals surface area contributed by atoms with Gasteiger partial charge in [-0.25, -0.2) is 0 Å². The summed E-state index contributed by atoms with van der Waals surface area (Å²) in [4.78, 5) is 36.2. The Labute approximate surface area is 158 Å². The van der Waals surface area contributed by atoms with E-state index in [2.05, 4.69) is 10.6 Å².